The van der Waals surface area contributed by atoms with Crippen LogP contribution in [0.15, 0.2) is 53.9 Å². The molecule has 6 heteroatoms. The summed E-state index contributed by atoms with van der Waals surface area (Å²) in [6.07, 6.45) is 1.22. The molecule has 0 radical (unpaired) electrons. The van der Waals surface area contributed by atoms with Gasteiger partial charge in [-0.15, -0.1) is 11.3 Å². The van der Waals surface area contributed by atoms with E-state index in [2.05, 4.69) is 11.1 Å². The van der Waals surface area contributed by atoms with E-state index in [1.54, 1.807) is 7.11 Å². The SMILES string of the molecule is COc1cccc(OCc2nc(CC(=O)N3CCc4ccccc43)cs2)c1. The Morgan fingerprint density at radius 1 is 1.19 bits per heavy atom. The summed E-state index contributed by atoms with van der Waals surface area (Å²) in [4.78, 5) is 19.1. The number of rotatable bonds is 6. The third kappa shape index (κ3) is 3.95. The Hall–Kier alpha value is -2.86. The minimum absolute atomic E-state index is 0.0884. The van der Waals surface area contributed by atoms with Crippen molar-refractivity contribution in [3.05, 3.63) is 70.2 Å². The van der Waals surface area contributed by atoms with Gasteiger partial charge in [-0.05, 0) is 30.2 Å². The lowest BCUT2D eigenvalue weighted by molar-refractivity contribution is -0.117. The first-order valence-electron chi connectivity index (χ1n) is 8.81. The predicted molar refractivity (Wildman–Crippen MR) is 106 cm³/mol. The van der Waals surface area contributed by atoms with Crippen molar-refractivity contribution in [3.63, 3.8) is 0 Å². The fraction of sp³-hybridized carbons (Fsp3) is 0.238. The zero-order valence-electron chi connectivity index (χ0n) is 15.1. The fourth-order valence-electron chi connectivity index (χ4n) is 3.18. The van der Waals surface area contributed by atoms with Crippen LogP contribution in [0.1, 0.15) is 16.3 Å². The number of ether oxygens (including phenoxy) is 2. The van der Waals surface area contributed by atoms with E-state index in [0.29, 0.717) is 13.0 Å². The van der Waals surface area contributed by atoms with Crippen molar-refractivity contribution in [2.75, 3.05) is 18.6 Å². The second-order valence-electron chi connectivity index (χ2n) is 6.30. The van der Waals surface area contributed by atoms with E-state index < -0.39 is 0 Å². The average Bonchev–Trinajstić information content (AvgIpc) is 3.33. The van der Waals surface area contributed by atoms with E-state index in [4.69, 9.17) is 9.47 Å². The van der Waals surface area contributed by atoms with Gasteiger partial charge in [-0.2, -0.15) is 0 Å². The second kappa shape index (κ2) is 7.80. The number of para-hydroxylation sites is 1. The van der Waals surface area contributed by atoms with Crippen molar-refractivity contribution in [2.24, 2.45) is 0 Å². The molecular weight excluding hydrogens is 360 g/mol. The molecule has 0 saturated heterocycles. The van der Waals surface area contributed by atoms with Gasteiger partial charge in [0.2, 0.25) is 5.91 Å². The van der Waals surface area contributed by atoms with Gasteiger partial charge in [-0.25, -0.2) is 4.98 Å². The summed E-state index contributed by atoms with van der Waals surface area (Å²) in [5.74, 6) is 1.57. The molecule has 0 spiro atoms. The number of hydrogen-bond acceptors (Lipinski definition) is 5. The molecule has 1 amide bonds. The quantitative estimate of drug-likeness (QED) is 0.652. The maximum Gasteiger partial charge on any atom is 0.233 e. The number of fused-ring (bicyclic) bond motifs is 1. The number of hydrogen-bond donors (Lipinski definition) is 0. The summed E-state index contributed by atoms with van der Waals surface area (Å²) in [6.45, 7) is 1.12. The van der Waals surface area contributed by atoms with Crippen molar-refractivity contribution in [3.8, 4) is 11.5 Å². The van der Waals surface area contributed by atoms with Gasteiger partial charge < -0.3 is 14.4 Å². The highest BCUT2D eigenvalue weighted by atomic mass is 32.1. The first-order valence-corrected chi connectivity index (χ1v) is 9.69. The molecule has 0 atom stereocenters. The predicted octanol–water partition coefficient (Wildman–Crippen LogP) is 3.86. The molecule has 138 valence electrons. The van der Waals surface area contributed by atoms with Crippen LogP contribution in [0.25, 0.3) is 0 Å². The Bertz CT molecular complexity index is 954. The summed E-state index contributed by atoms with van der Waals surface area (Å²) in [5, 5.41) is 2.78. The zero-order chi connectivity index (χ0) is 18.6. The molecule has 1 aliphatic heterocycles. The molecule has 2 aromatic carbocycles. The van der Waals surface area contributed by atoms with Crippen LogP contribution >= 0.6 is 11.3 Å². The minimum Gasteiger partial charge on any atom is -0.497 e. The second-order valence-corrected chi connectivity index (χ2v) is 7.24. The lowest BCUT2D eigenvalue weighted by Gasteiger charge is -2.16. The van der Waals surface area contributed by atoms with Crippen LogP contribution in [-0.2, 0) is 24.2 Å². The van der Waals surface area contributed by atoms with E-state index in [9.17, 15) is 4.79 Å². The lowest BCUT2D eigenvalue weighted by atomic mass is 10.2. The Balaban J connectivity index is 1.36. The molecule has 3 aromatic rings. The standard InChI is InChI=1S/C21H20N2O3S/c1-25-17-6-4-7-18(12-17)26-13-20-22-16(14-27-20)11-21(24)23-10-9-15-5-2-3-8-19(15)23/h2-8,12,14H,9-11,13H2,1H3. The molecule has 27 heavy (non-hydrogen) atoms. The first kappa shape index (κ1) is 17.5. The van der Waals surface area contributed by atoms with Crippen LogP contribution in [0, 0.1) is 0 Å². The number of thiazole rings is 1. The van der Waals surface area contributed by atoms with Gasteiger partial charge in [0.25, 0.3) is 0 Å². The molecule has 4 rings (SSSR count). The molecule has 1 aliphatic rings. The molecule has 0 unspecified atom stereocenters. The van der Waals surface area contributed by atoms with Gasteiger partial charge in [-0.1, -0.05) is 24.3 Å². The zero-order valence-corrected chi connectivity index (χ0v) is 15.9. The van der Waals surface area contributed by atoms with E-state index >= 15 is 0 Å². The van der Waals surface area contributed by atoms with E-state index in [-0.39, 0.29) is 5.91 Å². The summed E-state index contributed by atoms with van der Waals surface area (Å²) in [7, 11) is 1.63. The Kier molecular flexibility index (Phi) is 5.07. The van der Waals surface area contributed by atoms with Gasteiger partial charge in [0.1, 0.15) is 23.1 Å². The van der Waals surface area contributed by atoms with Crippen LogP contribution in [0.5, 0.6) is 11.5 Å². The average molecular weight is 380 g/mol. The highest BCUT2D eigenvalue weighted by Gasteiger charge is 2.24. The largest absolute Gasteiger partial charge is 0.497 e. The number of aromatic nitrogens is 1. The van der Waals surface area contributed by atoms with Crippen LogP contribution in [0.2, 0.25) is 0 Å². The van der Waals surface area contributed by atoms with E-state index in [1.165, 1.54) is 16.9 Å². The topological polar surface area (TPSA) is 51.7 Å². The molecule has 5 nitrogen and oxygen atoms in total. The summed E-state index contributed by atoms with van der Waals surface area (Å²) >= 11 is 1.51. The lowest BCUT2D eigenvalue weighted by Crippen LogP contribution is -2.30. The van der Waals surface area contributed by atoms with Crippen molar-refractivity contribution < 1.29 is 14.3 Å². The van der Waals surface area contributed by atoms with Gasteiger partial charge in [0.05, 0.1) is 19.2 Å². The van der Waals surface area contributed by atoms with E-state index in [0.717, 1.165) is 40.9 Å². The van der Waals surface area contributed by atoms with Gasteiger partial charge >= 0.3 is 0 Å². The van der Waals surface area contributed by atoms with Crippen molar-refractivity contribution in [2.45, 2.75) is 19.4 Å². The first-order chi connectivity index (χ1) is 13.2. The Labute approximate surface area is 162 Å². The molecule has 0 saturated carbocycles. The van der Waals surface area contributed by atoms with Crippen LogP contribution in [0.4, 0.5) is 5.69 Å². The third-order valence-electron chi connectivity index (χ3n) is 4.52. The van der Waals surface area contributed by atoms with Crippen molar-refractivity contribution in [1.29, 1.82) is 0 Å². The summed E-state index contributed by atoms with van der Waals surface area (Å²) < 4.78 is 11.0. The van der Waals surface area contributed by atoms with Gasteiger partial charge in [0, 0.05) is 23.7 Å². The smallest absolute Gasteiger partial charge is 0.233 e. The molecule has 0 bridgehead atoms. The minimum atomic E-state index is 0.0884. The highest BCUT2D eigenvalue weighted by molar-refractivity contribution is 7.09. The van der Waals surface area contributed by atoms with Crippen LogP contribution < -0.4 is 14.4 Å². The molecule has 0 N–H and O–H groups in total. The van der Waals surface area contributed by atoms with Crippen LogP contribution in [0.3, 0.4) is 0 Å². The molecule has 0 fully saturated rings. The number of anilines is 1. The maximum absolute atomic E-state index is 12.7. The van der Waals surface area contributed by atoms with Crippen molar-refractivity contribution >= 4 is 22.9 Å². The van der Waals surface area contributed by atoms with E-state index in [1.807, 2.05) is 52.7 Å². The Morgan fingerprint density at radius 2 is 2.04 bits per heavy atom. The van der Waals surface area contributed by atoms with Crippen LogP contribution in [-0.4, -0.2) is 24.5 Å². The third-order valence-corrected chi connectivity index (χ3v) is 5.39. The fourth-order valence-corrected chi connectivity index (χ4v) is 3.89. The number of amides is 1. The number of benzene rings is 2. The highest BCUT2D eigenvalue weighted by Crippen LogP contribution is 2.28. The number of methoxy groups -OCH3 is 1. The van der Waals surface area contributed by atoms with Gasteiger partial charge in [0.15, 0.2) is 0 Å². The number of carbonyl (C=O) groups excluding carboxylic acids is 1. The monoisotopic (exact) mass is 380 g/mol. The van der Waals surface area contributed by atoms with Gasteiger partial charge in [-0.3, -0.25) is 4.79 Å². The normalized spacial score (nSPS) is 12.7. The summed E-state index contributed by atoms with van der Waals surface area (Å²) in [6, 6.07) is 15.6. The maximum atomic E-state index is 12.7. The Morgan fingerprint density at radius 3 is 2.93 bits per heavy atom. The number of nitrogens with zero attached hydrogens (tertiary/aromatic N) is 2. The molecule has 1 aromatic heterocycles. The number of carbonyl (C=O) groups is 1. The molecular formula is C21H20N2O3S. The van der Waals surface area contributed by atoms with Crippen molar-refractivity contribution in [1.82, 2.24) is 4.98 Å². The molecule has 2 heterocycles. The molecule has 0 aliphatic carbocycles. The summed E-state index contributed by atoms with van der Waals surface area (Å²) in [5.41, 5.74) is 3.05.